The van der Waals surface area contributed by atoms with Gasteiger partial charge in [-0.05, 0) is 24.2 Å². The molecule has 4 nitrogen and oxygen atoms in total. The predicted molar refractivity (Wildman–Crippen MR) is 72.5 cm³/mol. The number of nitrogens with zero attached hydrogens (tertiary/aromatic N) is 1. The Bertz CT molecular complexity index is 460. The molecule has 4 N–H and O–H groups in total. The first kappa shape index (κ1) is 14.2. The number of nitrogens with two attached hydrogens (primary N) is 2. The number of carbonyl (C=O) groups excluding carboxylic acids is 1. The Balaban J connectivity index is 2.74. The first-order valence-electron chi connectivity index (χ1n) is 5.94. The molecule has 0 saturated heterocycles. The van der Waals surface area contributed by atoms with Crippen LogP contribution < -0.4 is 11.5 Å². The zero-order chi connectivity index (χ0) is 13.4. The fourth-order valence-electron chi connectivity index (χ4n) is 1.66. The van der Waals surface area contributed by atoms with Crippen molar-refractivity contribution in [2.45, 2.75) is 13.5 Å². The first-order chi connectivity index (χ1) is 8.65. The summed E-state index contributed by atoms with van der Waals surface area (Å²) in [5.41, 5.74) is 12.6. The SMILES string of the molecule is CCN(CC(N)=O)Cc1cccc(C#CCN)c1. The third-order valence-electron chi connectivity index (χ3n) is 2.49. The van der Waals surface area contributed by atoms with E-state index in [0.717, 1.165) is 17.7 Å². The molecule has 0 heterocycles. The van der Waals surface area contributed by atoms with Crippen molar-refractivity contribution in [1.82, 2.24) is 4.90 Å². The number of hydrogen-bond acceptors (Lipinski definition) is 3. The summed E-state index contributed by atoms with van der Waals surface area (Å²) in [6.07, 6.45) is 0. The minimum absolute atomic E-state index is 0.273. The van der Waals surface area contributed by atoms with Crippen LogP contribution in [0.15, 0.2) is 24.3 Å². The van der Waals surface area contributed by atoms with Crippen LogP contribution in [0, 0.1) is 11.8 Å². The number of hydrogen-bond donors (Lipinski definition) is 2. The number of likely N-dealkylation sites (N-methyl/N-ethyl adjacent to an activating group) is 1. The van der Waals surface area contributed by atoms with E-state index in [-0.39, 0.29) is 12.5 Å². The summed E-state index contributed by atoms with van der Waals surface area (Å²) < 4.78 is 0. The maximum Gasteiger partial charge on any atom is 0.231 e. The van der Waals surface area contributed by atoms with Crippen LogP contribution in [-0.4, -0.2) is 30.4 Å². The van der Waals surface area contributed by atoms with Crippen molar-refractivity contribution >= 4 is 5.91 Å². The molecule has 0 unspecified atom stereocenters. The first-order valence-corrected chi connectivity index (χ1v) is 5.94. The summed E-state index contributed by atoms with van der Waals surface area (Å²) in [6, 6.07) is 7.91. The van der Waals surface area contributed by atoms with Gasteiger partial charge in [0.05, 0.1) is 13.1 Å². The van der Waals surface area contributed by atoms with Crippen molar-refractivity contribution in [3.63, 3.8) is 0 Å². The fraction of sp³-hybridized carbons (Fsp3) is 0.357. The number of benzene rings is 1. The molecule has 1 rings (SSSR count). The van der Waals surface area contributed by atoms with Gasteiger partial charge in [-0.25, -0.2) is 0 Å². The second-order valence-electron chi connectivity index (χ2n) is 3.98. The zero-order valence-corrected chi connectivity index (χ0v) is 10.6. The minimum Gasteiger partial charge on any atom is -0.369 e. The van der Waals surface area contributed by atoms with Gasteiger partial charge >= 0.3 is 0 Å². The average Bonchev–Trinajstić information content (AvgIpc) is 2.35. The van der Waals surface area contributed by atoms with Crippen LogP contribution in [0.3, 0.4) is 0 Å². The summed E-state index contributed by atoms with van der Waals surface area (Å²) in [5, 5.41) is 0. The van der Waals surface area contributed by atoms with Gasteiger partial charge in [-0.15, -0.1) is 0 Å². The molecule has 0 aliphatic carbocycles. The van der Waals surface area contributed by atoms with Crippen LogP contribution in [0.5, 0.6) is 0 Å². The van der Waals surface area contributed by atoms with Gasteiger partial charge in [-0.3, -0.25) is 9.69 Å². The predicted octanol–water partition coefficient (Wildman–Crippen LogP) is 0.304. The van der Waals surface area contributed by atoms with E-state index >= 15 is 0 Å². The highest BCUT2D eigenvalue weighted by molar-refractivity contribution is 5.75. The largest absolute Gasteiger partial charge is 0.369 e. The van der Waals surface area contributed by atoms with E-state index in [2.05, 4.69) is 11.8 Å². The molecule has 96 valence electrons. The summed E-state index contributed by atoms with van der Waals surface area (Å²) in [6.45, 7) is 4.10. The molecule has 0 aromatic heterocycles. The van der Waals surface area contributed by atoms with Gasteiger partial charge in [0.25, 0.3) is 0 Å². The van der Waals surface area contributed by atoms with E-state index in [4.69, 9.17) is 11.5 Å². The average molecular weight is 245 g/mol. The van der Waals surface area contributed by atoms with Crippen molar-refractivity contribution in [2.24, 2.45) is 11.5 Å². The van der Waals surface area contributed by atoms with Gasteiger partial charge < -0.3 is 11.5 Å². The number of primary amides is 1. The highest BCUT2D eigenvalue weighted by Crippen LogP contribution is 2.07. The van der Waals surface area contributed by atoms with Crippen molar-refractivity contribution < 1.29 is 4.79 Å². The van der Waals surface area contributed by atoms with E-state index in [1.165, 1.54) is 0 Å². The van der Waals surface area contributed by atoms with Crippen LogP contribution in [0.2, 0.25) is 0 Å². The molecule has 0 fully saturated rings. The summed E-state index contributed by atoms with van der Waals surface area (Å²) in [5.74, 6) is 5.50. The second-order valence-corrected chi connectivity index (χ2v) is 3.98. The molecule has 18 heavy (non-hydrogen) atoms. The summed E-state index contributed by atoms with van der Waals surface area (Å²) in [7, 11) is 0. The maximum atomic E-state index is 10.9. The third kappa shape index (κ3) is 5.00. The Hall–Kier alpha value is -1.83. The van der Waals surface area contributed by atoms with Crippen LogP contribution in [0.1, 0.15) is 18.1 Å². The third-order valence-corrected chi connectivity index (χ3v) is 2.49. The monoisotopic (exact) mass is 245 g/mol. The molecule has 0 atom stereocenters. The molecule has 0 saturated carbocycles. The van der Waals surface area contributed by atoms with Crippen molar-refractivity contribution in [3.05, 3.63) is 35.4 Å². The molecule has 1 amide bonds. The van der Waals surface area contributed by atoms with E-state index < -0.39 is 0 Å². The quantitative estimate of drug-likeness (QED) is 0.733. The van der Waals surface area contributed by atoms with Crippen molar-refractivity contribution in [1.29, 1.82) is 0 Å². The van der Waals surface area contributed by atoms with Gasteiger partial charge in [0, 0.05) is 12.1 Å². The van der Waals surface area contributed by atoms with Crippen LogP contribution in [0.25, 0.3) is 0 Å². The lowest BCUT2D eigenvalue weighted by Gasteiger charge is -2.18. The molecule has 1 aromatic rings. The molecular weight excluding hydrogens is 226 g/mol. The van der Waals surface area contributed by atoms with Crippen LogP contribution >= 0.6 is 0 Å². The molecule has 4 heteroatoms. The molecule has 0 aliphatic rings. The Labute approximate surface area is 108 Å². The number of rotatable bonds is 5. The smallest absolute Gasteiger partial charge is 0.231 e. The van der Waals surface area contributed by atoms with Crippen LogP contribution in [-0.2, 0) is 11.3 Å². The van der Waals surface area contributed by atoms with Gasteiger partial charge in [-0.2, -0.15) is 0 Å². The zero-order valence-electron chi connectivity index (χ0n) is 10.6. The van der Waals surface area contributed by atoms with E-state index in [1.807, 2.05) is 36.1 Å². The Morgan fingerprint density at radius 1 is 1.44 bits per heavy atom. The molecular formula is C14H19N3O. The highest BCUT2D eigenvalue weighted by atomic mass is 16.1. The van der Waals surface area contributed by atoms with E-state index in [0.29, 0.717) is 13.1 Å². The lowest BCUT2D eigenvalue weighted by atomic mass is 10.1. The highest BCUT2D eigenvalue weighted by Gasteiger charge is 2.06. The van der Waals surface area contributed by atoms with Crippen LogP contribution in [0.4, 0.5) is 0 Å². The maximum absolute atomic E-state index is 10.9. The Morgan fingerprint density at radius 2 is 2.22 bits per heavy atom. The standard InChI is InChI=1S/C14H19N3O/c1-2-17(11-14(16)18)10-13-6-3-5-12(9-13)7-4-8-15/h3,5-6,9H,2,8,10-11,15H2,1H3,(H2,16,18). The van der Waals surface area contributed by atoms with Gasteiger partial charge in [0.15, 0.2) is 0 Å². The lowest BCUT2D eigenvalue weighted by Crippen LogP contribution is -2.33. The van der Waals surface area contributed by atoms with E-state index in [9.17, 15) is 4.79 Å². The minimum atomic E-state index is -0.309. The van der Waals surface area contributed by atoms with Gasteiger partial charge in [0.1, 0.15) is 0 Å². The molecule has 0 bridgehead atoms. The van der Waals surface area contributed by atoms with E-state index in [1.54, 1.807) is 0 Å². The fourth-order valence-corrected chi connectivity index (χ4v) is 1.66. The molecule has 0 spiro atoms. The molecule has 1 aromatic carbocycles. The number of carbonyl (C=O) groups is 1. The molecule has 0 radical (unpaired) electrons. The molecule has 0 aliphatic heterocycles. The van der Waals surface area contributed by atoms with Crippen molar-refractivity contribution in [2.75, 3.05) is 19.6 Å². The lowest BCUT2D eigenvalue weighted by molar-refractivity contribution is -0.119. The normalized spacial score (nSPS) is 9.94. The summed E-state index contributed by atoms with van der Waals surface area (Å²) >= 11 is 0. The topological polar surface area (TPSA) is 72.3 Å². The van der Waals surface area contributed by atoms with Gasteiger partial charge in [-0.1, -0.05) is 30.9 Å². The van der Waals surface area contributed by atoms with Gasteiger partial charge in [0.2, 0.25) is 5.91 Å². The van der Waals surface area contributed by atoms with Crippen molar-refractivity contribution in [3.8, 4) is 11.8 Å². The second kappa shape index (κ2) is 7.49. The Morgan fingerprint density at radius 3 is 2.83 bits per heavy atom. The number of amides is 1. The Kier molecular flexibility index (Phi) is 5.92. The summed E-state index contributed by atoms with van der Waals surface area (Å²) in [4.78, 5) is 12.9.